The maximum atomic E-state index is 6.27. The maximum absolute atomic E-state index is 6.27. The third-order valence-corrected chi connectivity index (χ3v) is 4.40. The molecule has 0 bridgehead atoms. The quantitative estimate of drug-likeness (QED) is 0.753. The van der Waals surface area contributed by atoms with E-state index in [0.717, 1.165) is 12.1 Å². The Morgan fingerprint density at radius 2 is 1.71 bits per heavy atom. The highest BCUT2D eigenvalue weighted by Crippen LogP contribution is 2.28. The fourth-order valence-corrected chi connectivity index (χ4v) is 2.93. The van der Waals surface area contributed by atoms with Crippen molar-refractivity contribution in [3.63, 3.8) is 0 Å². The van der Waals surface area contributed by atoms with Crippen LogP contribution < -0.4 is 5.32 Å². The second-order valence-corrected chi connectivity index (χ2v) is 6.86. The molecule has 0 aliphatic heterocycles. The van der Waals surface area contributed by atoms with Gasteiger partial charge in [-0.3, -0.25) is 0 Å². The summed E-state index contributed by atoms with van der Waals surface area (Å²) in [5.74, 6) is 0. The predicted octanol–water partition coefficient (Wildman–Crippen LogP) is 5.62. The highest BCUT2D eigenvalue weighted by molar-refractivity contribution is 6.35. The summed E-state index contributed by atoms with van der Waals surface area (Å²) in [5.41, 5.74) is 2.46. The maximum Gasteiger partial charge on any atom is 0.0468 e. The number of nitrogens with one attached hydrogen (secondary N) is 1. The number of hydrogen-bond donors (Lipinski definition) is 1. The molecule has 0 amide bonds. The minimum atomic E-state index is 0.0639. The molecule has 0 saturated heterocycles. The highest BCUT2D eigenvalue weighted by atomic mass is 35.5. The normalized spacial score (nSPS) is 13.2. The minimum Gasteiger partial charge on any atom is -0.309 e. The van der Waals surface area contributed by atoms with E-state index in [1.807, 2.05) is 18.2 Å². The molecule has 0 radical (unpaired) electrons. The fourth-order valence-electron chi connectivity index (χ4n) is 2.36. The van der Waals surface area contributed by atoms with Crippen molar-refractivity contribution in [2.75, 3.05) is 6.54 Å². The lowest BCUT2D eigenvalue weighted by molar-refractivity contribution is 0.435. The zero-order valence-corrected chi connectivity index (χ0v) is 14.2. The summed E-state index contributed by atoms with van der Waals surface area (Å²) in [6.45, 7) is 7.48. The van der Waals surface area contributed by atoms with Crippen molar-refractivity contribution in [1.82, 2.24) is 5.32 Å². The third-order valence-electron chi connectivity index (χ3n) is 3.83. The van der Waals surface area contributed by atoms with E-state index in [-0.39, 0.29) is 11.5 Å². The van der Waals surface area contributed by atoms with Crippen LogP contribution in [0.4, 0.5) is 0 Å². The van der Waals surface area contributed by atoms with Crippen LogP contribution in [0, 0.1) is 0 Å². The van der Waals surface area contributed by atoms with Gasteiger partial charge in [-0.1, -0.05) is 73.4 Å². The van der Waals surface area contributed by atoms with Gasteiger partial charge in [-0.25, -0.2) is 0 Å². The van der Waals surface area contributed by atoms with E-state index in [1.54, 1.807) is 6.07 Å². The Balaban J connectivity index is 2.05. The molecule has 0 fully saturated rings. The van der Waals surface area contributed by atoms with Gasteiger partial charge in [-0.15, -0.1) is 0 Å². The summed E-state index contributed by atoms with van der Waals surface area (Å²) < 4.78 is 0. The molecular formula is C18H21Cl2N. The first kappa shape index (κ1) is 16.4. The average molecular weight is 322 g/mol. The topological polar surface area (TPSA) is 12.0 Å². The summed E-state index contributed by atoms with van der Waals surface area (Å²) in [5, 5.41) is 4.95. The first-order chi connectivity index (χ1) is 9.90. The van der Waals surface area contributed by atoms with Crippen LogP contribution in [0.2, 0.25) is 10.0 Å². The molecule has 0 aliphatic rings. The van der Waals surface area contributed by atoms with E-state index < -0.39 is 0 Å². The van der Waals surface area contributed by atoms with Gasteiger partial charge in [0.05, 0.1) is 0 Å². The van der Waals surface area contributed by atoms with Crippen molar-refractivity contribution in [1.29, 1.82) is 0 Å². The number of benzene rings is 2. The summed E-state index contributed by atoms with van der Waals surface area (Å²) in [7, 11) is 0. The van der Waals surface area contributed by atoms with Gasteiger partial charge in [0.15, 0.2) is 0 Å². The molecule has 1 unspecified atom stereocenters. The zero-order chi connectivity index (χ0) is 15.5. The summed E-state index contributed by atoms with van der Waals surface area (Å²) in [4.78, 5) is 0. The van der Waals surface area contributed by atoms with Gasteiger partial charge in [-0.05, 0) is 30.2 Å². The Hall–Kier alpha value is -1.02. The third kappa shape index (κ3) is 4.23. The molecular weight excluding hydrogens is 301 g/mol. The van der Waals surface area contributed by atoms with E-state index in [4.69, 9.17) is 23.2 Å². The van der Waals surface area contributed by atoms with Crippen LogP contribution in [0.15, 0.2) is 48.5 Å². The molecule has 0 aromatic heterocycles. The molecule has 3 heteroatoms. The first-order valence-electron chi connectivity index (χ1n) is 7.14. The van der Waals surface area contributed by atoms with Crippen molar-refractivity contribution >= 4 is 23.2 Å². The Morgan fingerprint density at radius 3 is 2.33 bits per heavy atom. The van der Waals surface area contributed by atoms with Gasteiger partial charge >= 0.3 is 0 Å². The lowest BCUT2D eigenvalue weighted by Crippen LogP contribution is -2.34. The molecule has 21 heavy (non-hydrogen) atoms. The largest absolute Gasteiger partial charge is 0.309 e. The van der Waals surface area contributed by atoms with Crippen LogP contribution in [0.5, 0.6) is 0 Å². The molecule has 1 nitrogen and oxygen atoms in total. The average Bonchev–Trinajstić information content (AvgIpc) is 2.46. The molecule has 1 N–H and O–H groups in total. The lowest BCUT2D eigenvalue weighted by Gasteiger charge is -2.28. The molecule has 0 saturated carbocycles. The van der Waals surface area contributed by atoms with Gasteiger partial charge in [0.1, 0.15) is 0 Å². The summed E-state index contributed by atoms with van der Waals surface area (Å²) in [6.07, 6.45) is 0. The molecule has 0 aliphatic carbocycles. The second kappa shape index (κ2) is 6.83. The monoisotopic (exact) mass is 321 g/mol. The second-order valence-electron chi connectivity index (χ2n) is 6.02. The SMILES string of the molecule is CC(NCC(C)(C)c1ccccc1)c1ccc(Cl)cc1Cl. The standard InChI is InChI=1S/C18H21Cl2N/c1-13(16-10-9-15(19)11-17(16)20)21-12-18(2,3)14-7-5-4-6-8-14/h4-11,13,21H,12H2,1-3H3. The van der Waals surface area contributed by atoms with Gasteiger partial charge in [0.25, 0.3) is 0 Å². The van der Waals surface area contributed by atoms with Crippen LogP contribution in [0.1, 0.15) is 37.9 Å². The summed E-state index contributed by atoms with van der Waals surface area (Å²) >= 11 is 12.2. The van der Waals surface area contributed by atoms with E-state index in [9.17, 15) is 0 Å². The smallest absolute Gasteiger partial charge is 0.0468 e. The van der Waals surface area contributed by atoms with Crippen LogP contribution in [-0.2, 0) is 5.41 Å². The van der Waals surface area contributed by atoms with Gasteiger partial charge in [-0.2, -0.15) is 0 Å². The fraction of sp³-hybridized carbons (Fsp3) is 0.333. The number of hydrogen-bond acceptors (Lipinski definition) is 1. The van der Waals surface area contributed by atoms with Crippen LogP contribution >= 0.6 is 23.2 Å². The molecule has 2 rings (SSSR count). The van der Waals surface area contributed by atoms with E-state index in [2.05, 4.69) is 50.4 Å². The van der Waals surface area contributed by atoms with E-state index in [0.29, 0.717) is 10.0 Å². The Kier molecular flexibility index (Phi) is 5.32. The molecule has 2 aromatic rings. The first-order valence-corrected chi connectivity index (χ1v) is 7.89. The van der Waals surface area contributed by atoms with Crippen LogP contribution in [-0.4, -0.2) is 6.54 Å². The van der Waals surface area contributed by atoms with Crippen molar-refractivity contribution in [3.8, 4) is 0 Å². The zero-order valence-electron chi connectivity index (χ0n) is 12.7. The molecule has 112 valence electrons. The Labute approximate surface area is 137 Å². The molecule has 2 aromatic carbocycles. The number of halogens is 2. The highest BCUT2D eigenvalue weighted by Gasteiger charge is 2.21. The van der Waals surface area contributed by atoms with Crippen molar-refractivity contribution in [2.45, 2.75) is 32.2 Å². The molecule has 0 heterocycles. The van der Waals surface area contributed by atoms with Crippen LogP contribution in [0.3, 0.4) is 0 Å². The van der Waals surface area contributed by atoms with Crippen LogP contribution in [0.25, 0.3) is 0 Å². The van der Waals surface area contributed by atoms with Gasteiger partial charge in [0, 0.05) is 28.0 Å². The van der Waals surface area contributed by atoms with Crippen molar-refractivity contribution < 1.29 is 0 Å². The Bertz CT molecular complexity index is 593. The Morgan fingerprint density at radius 1 is 1.05 bits per heavy atom. The van der Waals surface area contributed by atoms with Gasteiger partial charge in [0.2, 0.25) is 0 Å². The molecule has 0 spiro atoms. The van der Waals surface area contributed by atoms with Gasteiger partial charge < -0.3 is 5.32 Å². The van der Waals surface area contributed by atoms with E-state index in [1.165, 1.54) is 5.56 Å². The summed E-state index contributed by atoms with van der Waals surface area (Å²) in [6, 6.07) is 16.4. The minimum absolute atomic E-state index is 0.0639. The number of rotatable bonds is 5. The lowest BCUT2D eigenvalue weighted by atomic mass is 9.84. The van der Waals surface area contributed by atoms with Crippen molar-refractivity contribution in [3.05, 3.63) is 69.7 Å². The molecule has 1 atom stereocenters. The van der Waals surface area contributed by atoms with Crippen molar-refractivity contribution in [2.24, 2.45) is 0 Å². The van der Waals surface area contributed by atoms with E-state index >= 15 is 0 Å². The predicted molar refractivity (Wildman–Crippen MR) is 92.3 cm³/mol.